The molecule has 6 nitrogen and oxygen atoms in total. The highest BCUT2D eigenvalue weighted by Gasteiger charge is 2.44. The summed E-state index contributed by atoms with van der Waals surface area (Å²) in [5.74, 6) is 0.764. The molecule has 2 N–H and O–H groups in total. The number of carbonyl (C=O) groups is 1. The first-order valence-corrected chi connectivity index (χ1v) is 13.0. The number of phenolic OH excluding ortho intramolecular Hbond substituents is 1. The number of nitrogens with zero attached hydrogens (tertiary/aromatic N) is 1. The van der Waals surface area contributed by atoms with Crippen molar-refractivity contribution in [3.63, 3.8) is 0 Å². The third-order valence-corrected chi connectivity index (χ3v) is 7.48. The summed E-state index contributed by atoms with van der Waals surface area (Å²) < 4.78 is 24.7. The maximum Gasteiger partial charge on any atom is 0.407 e. The summed E-state index contributed by atoms with van der Waals surface area (Å²) in [7, 11) is 0. The Morgan fingerprint density at radius 1 is 1.05 bits per heavy atom. The van der Waals surface area contributed by atoms with Gasteiger partial charge in [0.1, 0.15) is 23.9 Å². The van der Waals surface area contributed by atoms with E-state index >= 15 is 0 Å². The Labute approximate surface area is 217 Å². The molecule has 0 bridgehead atoms. The lowest BCUT2D eigenvalue weighted by Gasteiger charge is -2.25. The molecule has 1 heterocycles. The van der Waals surface area contributed by atoms with Crippen LogP contribution in [0.5, 0.6) is 11.5 Å². The van der Waals surface area contributed by atoms with E-state index in [1.807, 2.05) is 43.3 Å². The summed E-state index contributed by atoms with van der Waals surface area (Å²) in [6, 6.07) is 20.0. The van der Waals surface area contributed by atoms with Gasteiger partial charge < -0.3 is 19.9 Å². The number of hydrogen-bond acceptors (Lipinski definition) is 5. The van der Waals surface area contributed by atoms with Crippen molar-refractivity contribution >= 4 is 6.09 Å². The number of amides is 1. The monoisotopic (exact) mass is 504 g/mol. The minimum Gasteiger partial charge on any atom is -0.507 e. The number of hydrogen-bond donors (Lipinski definition) is 2. The minimum atomic E-state index is -0.365. The molecule has 5 rings (SSSR count). The lowest BCUT2D eigenvalue weighted by Crippen LogP contribution is -2.39. The number of rotatable bonds is 8. The standard InChI is InChI=1S/C30H33FN2O4/c1-2-36-28-17-21(16-27(34)29(28)22-8-10-23(31)11-9-22)18-33-15-14-24-25(12-13-26(24)33)32-30(35)37-19-20-6-4-3-5-7-20/h3-11,16-17,24-26,34H,2,12-15,18-19H2,1H3,(H,32,35)/t24-,25?,26+/m0/s1. The predicted octanol–water partition coefficient (Wildman–Crippen LogP) is 5.88. The fraction of sp³-hybridized carbons (Fsp3) is 0.367. The number of ether oxygens (including phenoxy) is 2. The molecule has 1 aliphatic carbocycles. The van der Waals surface area contributed by atoms with E-state index in [-0.39, 0.29) is 30.3 Å². The fourth-order valence-corrected chi connectivity index (χ4v) is 5.82. The highest BCUT2D eigenvalue weighted by atomic mass is 19.1. The summed E-state index contributed by atoms with van der Waals surface area (Å²) in [6.45, 7) is 4.23. The van der Waals surface area contributed by atoms with E-state index in [0.717, 1.165) is 36.9 Å². The van der Waals surface area contributed by atoms with Crippen molar-refractivity contribution in [1.82, 2.24) is 10.2 Å². The van der Waals surface area contributed by atoms with Crippen LogP contribution in [0.2, 0.25) is 0 Å². The molecule has 1 amide bonds. The molecular weight excluding hydrogens is 471 g/mol. The van der Waals surface area contributed by atoms with Gasteiger partial charge in [-0.2, -0.15) is 0 Å². The molecule has 0 aromatic heterocycles. The second-order valence-corrected chi connectivity index (χ2v) is 9.81. The van der Waals surface area contributed by atoms with Gasteiger partial charge in [-0.3, -0.25) is 4.90 Å². The Kier molecular flexibility index (Phi) is 7.60. The van der Waals surface area contributed by atoms with Crippen LogP contribution in [0.25, 0.3) is 11.1 Å². The minimum absolute atomic E-state index is 0.103. The van der Waals surface area contributed by atoms with Gasteiger partial charge in [-0.15, -0.1) is 0 Å². The Morgan fingerprint density at radius 3 is 2.59 bits per heavy atom. The van der Waals surface area contributed by atoms with Crippen LogP contribution in [0.15, 0.2) is 66.7 Å². The number of halogens is 1. The maximum atomic E-state index is 13.4. The Bertz CT molecular complexity index is 1220. The van der Waals surface area contributed by atoms with E-state index in [1.54, 1.807) is 18.2 Å². The molecule has 7 heteroatoms. The Morgan fingerprint density at radius 2 is 1.84 bits per heavy atom. The second-order valence-electron chi connectivity index (χ2n) is 9.81. The van der Waals surface area contributed by atoms with Gasteiger partial charge in [-0.05, 0) is 79.6 Å². The van der Waals surface area contributed by atoms with Crippen molar-refractivity contribution in [2.24, 2.45) is 5.92 Å². The normalized spacial score (nSPS) is 21.0. The van der Waals surface area contributed by atoms with E-state index in [9.17, 15) is 14.3 Å². The zero-order valence-corrected chi connectivity index (χ0v) is 21.0. The predicted molar refractivity (Wildman–Crippen MR) is 140 cm³/mol. The zero-order valence-electron chi connectivity index (χ0n) is 21.0. The molecule has 0 spiro atoms. The van der Waals surface area contributed by atoms with Crippen LogP contribution >= 0.6 is 0 Å². The number of benzene rings is 3. The SMILES string of the molecule is CCOc1cc(CN2CC[C@H]3C(NC(=O)OCc4ccccc4)CC[C@H]32)cc(O)c1-c1ccc(F)cc1. The average molecular weight is 505 g/mol. The maximum absolute atomic E-state index is 13.4. The zero-order chi connectivity index (χ0) is 25.8. The third-order valence-electron chi connectivity index (χ3n) is 7.48. The van der Waals surface area contributed by atoms with Crippen LogP contribution in [0.1, 0.15) is 37.3 Å². The van der Waals surface area contributed by atoms with Gasteiger partial charge in [0.25, 0.3) is 0 Å². The van der Waals surface area contributed by atoms with Gasteiger partial charge in [0.05, 0.1) is 12.2 Å². The Hall–Kier alpha value is -3.58. The number of likely N-dealkylation sites (tertiary alicyclic amines) is 1. The Balaban J connectivity index is 1.23. The topological polar surface area (TPSA) is 71.0 Å². The molecule has 0 radical (unpaired) electrons. The molecule has 37 heavy (non-hydrogen) atoms. The molecule has 3 aromatic carbocycles. The third kappa shape index (κ3) is 5.72. The van der Waals surface area contributed by atoms with Crippen LogP contribution < -0.4 is 10.1 Å². The molecule has 3 aromatic rings. The van der Waals surface area contributed by atoms with Gasteiger partial charge in [-0.25, -0.2) is 9.18 Å². The van der Waals surface area contributed by atoms with E-state index in [1.165, 1.54) is 12.1 Å². The molecule has 2 aliphatic rings. The van der Waals surface area contributed by atoms with E-state index in [4.69, 9.17) is 9.47 Å². The smallest absolute Gasteiger partial charge is 0.407 e. The summed E-state index contributed by atoms with van der Waals surface area (Å²) in [5, 5.41) is 14.0. The van der Waals surface area contributed by atoms with Crippen molar-refractivity contribution in [2.75, 3.05) is 13.2 Å². The van der Waals surface area contributed by atoms with Crippen molar-refractivity contribution in [3.8, 4) is 22.6 Å². The van der Waals surface area contributed by atoms with Crippen LogP contribution in [0.3, 0.4) is 0 Å². The first kappa shape index (κ1) is 25.1. The van der Waals surface area contributed by atoms with Crippen molar-refractivity contribution in [2.45, 2.75) is 51.4 Å². The number of carbonyl (C=O) groups excluding carboxylic acids is 1. The van der Waals surface area contributed by atoms with Crippen molar-refractivity contribution in [3.05, 3.63) is 83.7 Å². The lowest BCUT2D eigenvalue weighted by atomic mass is 9.99. The van der Waals surface area contributed by atoms with Gasteiger partial charge in [0, 0.05) is 18.6 Å². The molecule has 3 atom stereocenters. The quantitative estimate of drug-likeness (QED) is 0.401. The van der Waals surface area contributed by atoms with Crippen LogP contribution in [-0.2, 0) is 17.9 Å². The van der Waals surface area contributed by atoms with Gasteiger partial charge >= 0.3 is 6.09 Å². The van der Waals surface area contributed by atoms with Gasteiger partial charge in [0.15, 0.2) is 0 Å². The number of phenols is 1. The summed E-state index contributed by atoms with van der Waals surface area (Å²) in [4.78, 5) is 14.9. The van der Waals surface area contributed by atoms with E-state index in [2.05, 4.69) is 10.2 Å². The van der Waals surface area contributed by atoms with Crippen LogP contribution in [0.4, 0.5) is 9.18 Å². The summed E-state index contributed by atoms with van der Waals surface area (Å²) >= 11 is 0. The number of alkyl carbamates (subject to hydrolysis) is 1. The molecular formula is C30H33FN2O4. The average Bonchev–Trinajstić information content (AvgIpc) is 3.48. The number of nitrogens with one attached hydrogen (secondary N) is 1. The lowest BCUT2D eigenvalue weighted by molar-refractivity contribution is 0.132. The van der Waals surface area contributed by atoms with Crippen molar-refractivity contribution < 1.29 is 23.8 Å². The number of fused-ring (bicyclic) bond motifs is 1. The molecule has 1 aliphatic heterocycles. The van der Waals surface area contributed by atoms with Crippen LogP contribution in [0, 0.1) is 11.7 Å². The van der Waals surface area contributed by atoms with E-state index in [0.29, 0.717) is 42.0 Å². The van der Waals surface area contributed by atoms with Crippen molar-refractivity contribution in [1.29, 1.82) is 0 Å². The molecule has 1 saturated heterocycles. The van der Waals surface area contributed by atoms with E-state index < -0.39 is 0 Å². The number of aromatic hydroxyl groups is 1. The largest absolute Gasteiger partial charge is 0.507 e. The first-order valence-electron chi connectivity index (χ1n) is 13.0. The molecule has 1 saturated carbocycles. The highest BCUT2D eigenvalue weighted by molar-refractivity contribution is 5.77. The first-order chi connectivity index (χ1) is 18.0. The summed E-state index contributed by atoms with van der Waals surface area (Å²) in [6.07, 6.45) is 2.57. The fourth-order valence-electron chi connectivity index (χ4n) is 5.82. The molecule has 2 fully saturated rings. The van der Waals surface area contributed by atoms with Crippen LogP contribution in [-0.4, -0.2) is 41.3 Å². The highest BCUT2D eigenvalue weighted by Crippen LogP contribution is 2.42. The summed E-state index contributed by atoms with van der Waals surface area (Å²) in [5.41, 5.74) is 3.21. The molecule has 194 valence electrons. The molecule has 1 unspecified atom stereocenters. The van der Waals surface area contributed by atoms with Gasteiger partial charge in [-0.1, -0.05) is 42.5 Å². The van der Waals surface area contributed by atoms with Gasteiger partial charge in [0.2, 0.25) is 0 Å². The second kappa shape index (κ2) is 11.2.